The molecule has 0 aromatic rings. The van der Waals surface area contributed by atoms with Crippen molar-refractivity contribution in [1.82, 2.24) is 10.6 Å². The fourth-order valence-corrected chi connectivity index (χ4v) is 2.40. The van der Waals surface area contributed by atoms with Gasteiger partial charge in [0.05, 0.1) is 12.6 Å². The quantitative estimate of drug-likeness (QED) is 0.743. The first-order chi connectivity index (χ1) is 8.78. The summed E-state index contributed by atoms with van der Waals surface area (Å²) in [6.07, 6.45) is 1.31. The summed E-state index contributed by atoms with van der Waals surface area (Å²) in [6.45, 7) is 13.8. The van der Waals surface area contributed by atoms with Crippen molar-refractivity contribution < 1.29 is 9.53 Å². The lowest BCUT2D eigenvalue weighted by molar-refractivity contribution is -0.126. The van der Waals surface area contributed by atoms with E-state index in [4.69, 9.17) is 4.74 Å². The predicted molar refractivity (Wildman–Crippen MR) is 78.0 cm³/mol. The minimum absolute atomic E-state index is 0.0804. The van der Waals surface area contributed by atoms with Crippen LogP contribution in [0.4, 0.5) is 0 Å². The number of amides is 1. The standard InChI is InChI=1S/C15H30N2O2/c1-7-19-13-8-12(15(13,5)6)16-9-14(18)17-11(4)10(2)3/h10-13,16H,7-9H2,1-6H3,(H,17,18). The molecule has 112 valence electrons. The van der Waals surface area contributed by atoms with Crippen molar-refractivity contribution in [2.24, 2.45) is 11.3 Å². The van der Waals surface area contributed by atoms with Gasteiger partial charge in [-0.3, -0.25) is 4.79 Å². The van der Waals surface area contributed by atoms with Gasteiger partial charge in [0.2, 0.25) is 5.91 Å². The highest BCUT2D eigenvalue weighted by Crippen LogP contribution is 2.42. The normalized spacial score (nSPS) is 26.9. The summed E-state index contributed by atoms with van der Waals surface area (Å²) in [5.41, 5.74) is 0.111. The van der Waals surface area contributed by atoms with E-state index in [1.54, 1.807) is 0 Å². The lowest BCUT2D eigenvalue weighted by atomic mass is 9.64. The summed E-state index contributed by atoms with van der Waals surface area (Å²) in [5, 5.41) is 6.36. The van der Waals surface area contributed by atoms with Crippen molar-refractivity contribution in [2.45, 2.75) is 66.2 Å². The number of hydrogen-bond donors (Lipinski definition) is 2. The average molecular weight is 270 g/mol. The molecular formula is C15H30N2O2. The Kier molecular flexibility index (Phi) is 5.81. The summed E-state index contributed by atoms with van der Waals surface area (Å²) in [4.78, 5) is 11.8. The van der Waals surface area contributed by atoms with Crippen LogP contribution in [0.3, 0.4) is 0 Å². The van der Waals surface area contributed by atoms with Crippen LogP contribution in [0.25, 0.3) is 0 Å². The van der Waals surface area contributed by atoms with E-state index in [2.05, 4.69) is 38.3 Å². The van der Waals surface area contributed by atoms with Gasteiger partial charge >= 0.3 is 0 Å². The van der Waals surface area contributed by atoms with E-state index in [1.807, 2.05) is 13.8 Å². The van der Waals surface area contributed by atoms with Crippen LogP contribution in [-0.4, -0.2) is 37.2 Å². The van der Waals surface area contributed by atoms with Crippen LogP contribution < -0.4 is 10.6 Å². The van der Waals surface area contributed by atoms with Gasteiger partial charge in [0.15, 0.2) is 0 Å². The highest BCUT2D eigenvalue weighted by Gasteiger charge is 2.48. The Labute approximate surface area is 117 Å². The fraction of sp³-hybridized carbons (Fsp3) is 0.933. The van der Waals surface area contributed by atoms with Crippen molar-refractivity contribution >= 4 is 5.91 Å². The largest absolute Gasteiger partial charge is 0.378 e. The SMILES string of the molecule is CCOC1CC(NCC(=O)NC(C)C(C)C)C1(C)C. The zero-order chi connectivity index (χ0) is 14.6. The first-order valence-electron chi connectivity index (χ1n) is 7.43. The summed E-state index contributed by atoms with van der Waals surface area (Å²) >= 11 is 0. The van der Waals surface area contributed by atoms with E-state index >= 15 is 0 Å². The molecule has 4 heteroatoms. The maximum Gasteiger partial charge on any atom is 0.234 e. The summed E-state index contributed by atoms with van der Waals surface area (Å²) in [7, 11) is 0. The van der Waals surface area contributed by atoms with Crippen molar-refractivity contribution in [3.05, 3.63) is 0 Å². The second-order valence-electron chi connectivity index (χ2n) is 6.53. The van der Waals surface area contributed by atoms with Gasteiger partial charge in [-0.1, -0.05) is 27.7 Å². The monoisotopic (exact) mass is 270 g/mol. The van der Waals surface area contributed by atoms with Crippen molar-refractivity contribution in [3.8, 4) is 0 Å². The van der Waals surface area contributed by atoms with Crippen molar-refractivity contribution in [2.75, 3.05) is 13.2 Å². The van der Waals surface area contributed by atoms with Crippen LogP contribution >= 0.6 is 0 Å². The molecule has 1 aliphatic rings. The lowest BCUT2D eigenvalue weighted by Crippen LogP contribution is -2.62. The third-order valence-electron chi connectivity index (χ3n) is 4.44. The van der Waals surface area contributed by atoms with Gasteiger partial charge in [0, 0.05) is 24.1 Å². The van der Waals surface area contributed by atoms with E-state index in [0.717, 1.165) is 13.0 Å². The molecule has 1 amide bonds. The lowest BCUT2D eigenvalue weighted by Gasteiger charge is -2.51. The molecule has 0 radical (unpaired) electrons. The number of hydrogen-bond acceptors (Lipinski definition) is 3. The van der Waals surface area contributed by atoms with E-state index in [9.17, 15) is 4.79 Å². The molecule has 4 nitrogen and oxygen atoms in total. The zero-order valence-corrected chi connectivity index (χ0v) is 13.2. The van der Waals surface area contributed by atoms with E-state index in [1.165, 1.54) is 0 Å². The number of nitrogens with one attached hydrogen (secondary N) is 2. The third-order valence-corrected chi connectivity index (χ3v) is 4.44. The highest BCUT2D eigenvalue weighted by atomic mass is 16.5. The van der Waals surface area contributed by atoms with Gasteiger partial charge in [-0.2, -0.15) is 0 Å². The van der Waals surface area contributed by atoms with Crippen LogP contribution in [0.15, 0.2) is 0 Å². The molecule has 1 fully saturated rings. The molecule has 0 aromatic carbocycles. The molecule has 0 spiro atoms. The van der Waals surface area contributed by atoms with Crippen LogP contribution in [0.2, 0.25) is 0 Å². The Bertz CT molecular complexity index is 303. The second-order valence-corrected chi connectivity index (χ2v) is 6.53. The van der Waals surface area contributed by atoms with E-state index < -0.39 is 0 Å². The zero-order valence-electron chi connectivity index (χ0n) is 13.2. The van der Waals surface area contributed by atoms with Gasteiger partial charge in [-0.25, -0.2) is 0 Å². The highest BCUT2D eigenvalue weighted by molar-refractivity contribution is 5.78. The Morgan fingerprint density at radius 1 is 1.37 bits per heavy atom. The molecule has 0 bridgehead atoms. The Balaban J connectivity index is 2.29. The van der Waals surface area contributed by atoms with E-state index in [0.29, 0.717) is 24.6 Å². The van der Waals surface area contributed by atoms with Crippen LogP contribution in [0, 0.1) is 11.3 Å². The van der Waals surface area contributed by atoms with Gasteiger partial charge in [0.25, 0.3) is 0 Å². The van der Waals surface area contributed by atoms with Gasteiger partial charge < -0.3 is 15.4 Å². The van der Waals surface area contributed by atoms with Crippen LogP contribution in [-0.2, 0) is 9.53 Å². The number of rotatable bonds is 7. The van der Waals surface area contributed by atoms with Gasteiger partial charge in [0.1, 0.15) is 0 Å². The molecular weight excluding hydrogens is 240 g/mol. The molecule has 3 atom stereocenters. The Hall–Kier alpha value is -0.610. The predicted octanol–water partition coefficient (Wildman–Crippen LogP) is 1.94. The smallest absolute Gasteiger partial charge is 0.234 e. The molecule has 2 N–H and O–H groups in total. The maximum absolute atomic E-state index is 11.8. The summed E-state index contributed by atoms with van der Waals surface area (Å²) in [6, 6.07) is 0.587. The molecule has 0 saturated heterocycles. The average Bonchev–Trinajstić information content (AvgIpc) is 2.32. The molecule has 3 unspecified atom stereocenters. The second kappa shape index (κ2) is 6.71. The molecule has 19 heavy (non-hydrogen) atoms. The Morgan fingerprint density at radius 2 is 2.00 bits per heavy atom. The van der Waals surface area contributed by atoms with Crippen LogP contribution in [0.1, 0.15) is 48.0 Å². The molecule has 0 heterocycles. The fourth-order valence-electron chi connectivity index (χ4n) is 2.40. The third kappa shape index (κ3) is 4.18. The van der Waals surface area contributed by atoms with E-state index in [-0.39, 0.29) is 17.4 Å². The van der Waals surface area contributed by atoms with Gasteiger partial charge in [-0.15, -0.1) is 0 Å². The summed E-state index contributed by atoms with van der Waals surface area (Å²) < 4.78 is 5.69. The molecule has 0 aliphatic heterocycles. The number of carbonyl (C=O) groups excluding carboxylic acids is 1. The number of carbonyl (C=O) groups is 1. The van der Waals surface area contributed by atoms with Crippen LogP contribution in [0.5, 0.6) is 0 Å². The van der Waals surface area contributed by atoms with Gasteiger partial charge in [-0.05, 0) is 26.2 Å². The first kappa shape index (κ1) is 16.4. The molecule has 1 rings (SSSR count). The summed E-state index contributed by atoms with van der Waals surface area (Å²) in [5.74, 6) is 0.545. The molecule has 0 aromatic heterocycles. The maximum atomic E-state index is 11.8. The number of ether oxygens (including phenoxy) is 1. The van der Waals surface area contributed by atoms with Crippen molar-refractivity contribution in [3.63, 3.8) is 0 Å². The van der Waals surface area contributed by atoms with Crippen molar-refractivity contribution in [1.29, 1.82) is 0 Å². The Morgan fingerprint density at radius 3 is 2.47 bits per heavy atom. The molecule has 1 saturated carbocycles. The first-order valence-corrected chi connectivity index (χ1v) is 7.43. The molecule has 1 aliphatic carbocycles. The minimum atomic E-state index is 0.0804. The minimum Gasteiger partial charge on any atom is -0.378 e. The topological polar surface area (TPSA) is 50.4 Å².